The van der Waals surface area contributed by atoms with Crippen molar-refractivity contribution >= 4 is 16.7 Å². The van der Waals surface area contributed by atoms with Crippen molar-refractivity contribution in [2.75, 3.05) is 26.6 Å². The molecular weight excluding hydrogens is 252 g/mol. The van der Waals surface area contributed by atoms with Gasteiger partial charge in [-0.15, -0.1) is 0 Å². The highest BCUT2D eigenvalue weighted by molar-refractivity contribution is 5.92. The number of hydrogen-bond acceptors (Lipinski definition) is 4. The van der Waals surface area contributed by atoms with Crippen LogP contribution in [-0.2, 0) is 5.41 Å². The Hall–Kier alpha value is -1.97. The third kappa shape index (κ3) is 2.38. The van der Waals surface area contributed by atoms with Crippen molar-refractivity contribution in [1.29, 1.82) is 0 Å². The van der Waals surface area contributed by atoms with Crippen molar-refractivity contribution in [2.45, 2.75) is 26.2 Å². The molecule has 2 aromatic rings. The summed E-state index contributed by atoms with van der Waals surface area (Å²) in [6.45, 7) is 6.51. The highest BCUT2D eigenvalue weighted by Gasteiger charge is 2.21. The molecule has 0 unspecified atom stereocenters. The molecule has 0 radical (unpaired) electrons. The Morgan fingerprint density at radius 3 is 2.15 bits per heavy atom. The number of methoxy groups -OCH3 is 2. The lowest BCUT2D eigenvalue weighted by atomic mass is 9.86. The van der Waals surface area contributed by atoms with Crippen LogP contribution in [0.4, 0.5) is 5.82 Å². The first-order chi connectivity index (χ1) is 9.42. The molecule has 0 saturated heterocycles. The van der Waals surface area contributed by atoms with Crippen LogP contribution in [-0.4, -0.2) is 26.3 Å². The number of rotatable bonds is 3. The fraction of sp³-hybridized carbons (Fsp3) is 0.438. The van der Waals surface area contributed by atoms with Gasteiger partial charge in [-0.1, -0.05) is 20.8 Å². The number of benzene rings is 1. The summed E-state index contributed by atoms with van der Waals surface area (Å²) in [7, 11) is 5.21. The van der Waals surface area contributed by atoms with Crippen LogP contribution < -0.4 is 14.8 Å². The van der Waals surface area contributed by atoms with E-state index < -0.39 is 0 Å². The SMILES string of the molecule is CNc1nc2c(OC)ccc(OC)c2cc1C(C)(C)C. The van der Waals surface area contributed by atoms with E-state index in [1.165, 1.54) is 0 Å². The van der Waals surface area contributed by atoms with Crippen LogP contribution in [0.25, 0.3) is 10.9 Å². The van der Waals surface area contributed by atoms with E-state index in [0.717, 1.165) is 33.8 Å². The molecule has 0 fully saturated rings. The minimum atomic E-state index is -0.00633. The molecular formula is C16H22N2O2. The molecule has 1 aromatic heterocycles. The standard InChI is InChI=1S/C16H22N2O2/c1-16(2,3)11-9-10-12(19-5)7-8-13(20-6)14(10)18-15(11)17-4/h7-9H,1-6H3,(H,17,18). The van der Waals surface area contributed by atoms with E-state index >= 15 is 0 Å². The van der Waals surface area contributed by atoms with Crippen LogP contribution in [0.3, 0.4) is 0 Å². The predicted octanol–water partition coefficient (Wildman–Crippen LogP) is 3.59. The third-order valence-electron chi connectivity index (χ3n) is 3.39. The second-order valence-corrected chi connectivity index (χ2v) is 5.75. The lowest BCUT2D eigenvalue weighted by molar-refractivity contribution is 0.409. The molecule has 0 amide bonds. The lowest BCUT2D eigenvalue weighted by Gasteiger charge is -2.23. The van der Waals surface area contributed by atoms with Crippen LogP contribution in [0.15, 0.2) is 18.2 Å². The fourth-order valence-electron chi connectivity index (χ4n) is 2.31. The number of ether oxygens (including phenoxy) is 2. The van der Waals surface area contributed by atoms with Gasteiger partial charge in [0.1, 0.15) is 22.8 Å². The molecule has 0 saturated carbocycles. The second kappa shape index (κ2) is 5.19. The Kier molecular flexibility index (Phi) is 3.75. The van der Waals surface area contributed by atoms with E-state index in [1.807, 2.05) is 19.2 Å². The molecule has 4 nitrogen and oxygen atoms in total. The number of nitrogens with zero attached hydrogens (tertiary/aromatic N) is 1. The lowest BCUT2D eigenvalue weighted by Crippen LogP contribution is -2.15. The highest BCUT2D eigenvalue weighted by Crippen LogP contribution is 2.37. The Bertz CT molecular complexity index is 630. The van der Waals surface area contributed by atoms with Crippen LogP contribution >= 0.6 is 0 Å². The normalized spacial score (nSPS) is 11.5. The minimum absolute atomic E-state index is 0.00633. The van der Waals surface area contributed by atoms with E-state index in [1.54, 1.807) is 14.2 Å². The maximum atomic E-state index is 5.45. The van der Waals surface area contributed by atoms with Gasteiger partial charge >= 0.3 is 0 Å². The summed E-state index contributed by atoms with van der Waals surface area (Å²) >= 11 is 0. The van der Waals surface area contributed by atoms with Gasteiger partial charge in [0, 0.05) is 18.0 Å². The number of pyridine rings is 1. The van der Waals surface area contributed by atoms with Crippen LogP contribution in [0.2, 0.25) is 0 Å². The summed E-state index contributed by atoms with van der Waals surface area (Å²) in [5.41, 5.74) is 1.96. The first-order valence-corrected chi connectivity index (χ1v) is 6.66. The summed E-state index contributed by atoms with van der Waals surface area (Å²) in [6, 6.07) is 5.92. The summed E-state index contributed by atoms with van der Waals surface area (Å²) in [4.78, 5) is 4.72. The summed E-state index contributed by atoms with van der Waals surface area (Å²) in [5, 5.41) is 4.14. The molecule has 0 aliphatic carbocycles. The zero-order valence-corrected chi connectivity index (χ0v) is 13.0. The average Bonchev–Trinajstić information content (AvgIpc) is 2.43. The number of anilines is 1. The highest BCUT2D eigenvalue weighted by atomic mass is 16.5. The van der Waals surface area contributed by atoms with Gasteiger partial charge in [-0.2, -0.15) is 0 Å². The van der Waals surface area contributed by atoms with Gasteiger partial charge in [0.15, 0.2) is 0 Å². The van der Waals surface area contributed by atoms with E-state index in [-0.39, 0.29) is 5.41 Å². The quantitative estimate of drug-likeness (QED) is 0.929. The fourth-order valence-corrected chi connectivity index (χ4v) is 2.31. The third-order valence-corrected chi connectivity index (χ3v) is 3.39. The monoisotopic (exact) mass is 274 g/mol. The Morgan fingerprint density at radius 1 is 1.05 bits per heavy atom. The number of hydrogen-bond donors (Lipinski definition) is 1. The molecule has 4 heteroatoms. The molecule has 2 rings (SSSR count). The van der Waals surface area contributed by atoms with E-state index in [2.05, 4.69) is 32.2 Å². The molecule has 0 bridgehead atoms. The second-order valence-electron chi connectivity index (χ2n) is 5.75. The average molecular weight is 274 g/mol. The van der Waals surface area contributed by atoms with Gasteiger partial charge in [0.2, 0.25) is 0 Å². The zero-order chi connectivity index (χ0) is 14.9. The van der Waals surface area contributed by atoms with Crippen LogP contribution in [0.5, 0.6) is 11.5 Å². The molecule has 20 heavy (non-hydrogen) atoms. The van der Waals surface area contributed by atoms with Gasteiger partial charge in [-0.05, 0) is 23.6 Å². The summed E-state index contributed by atoms with van der Waals surface area (Å²) in [6.07, 6.45) is 0. The van der Waals surface area contributed by atoms with Crippen LogP contribution in [0, 0.1) is 0 Å². The summed E-state index contributed by atoms with van der Waals surface area (Å²) in [5.74, 6) is 2.43. The van der Waals surface area contributed by atoms with E-state index in [0.29, 0.717) is 0 Å². The van der Waals surface area contributed by atoms with Crippen LogP contribution in [0.1, 0.15) is 26.3 Å². The molecule has 1 heterocycles. The van der Waals surface area contributed by atoms with Gasteiger partial charge < -0.3 is 14.8 Å². The largest absolute Gasteiger partial charge is 0.496 e. The molecule has 0 atom stereocenters. The minimum Gasteiger partial charge on any atom is -0.496 e. The molecule has 0 aliphatic heterocycles. The Balaban J connectivity index is 2.86. The van der Waals surface area contributed by atoms with Crippen molar-refractivity contribution in [1.82, 2.24) is 4.98 Å². The molecule has 108 valence electrons. The zero-order valence-electron chi connectivity index (χ0n) is 13.0. The first kappa shape index (κ1) is 14.4. The van der Waals surface area contributed by atoms with Crippen molar-refractivity contribution in [3.63, 3.8) is 0 Å². The van der Waals surface area contributed by atoms with Crippen molar-refractivity contribution in [3.05, 3.63) is 23.8 Å². The predicted molar refractivity (Wildman–Crippen MR) is 83.1 cm³/mol. The van der Waals surface area contributed by atoms with E-state index in [4.69, 9.17) is 14.5 Å². The van der Waals surface area contributed by atoms with E-state index in [9.17, 15) is 0 Å². The number of fused-ring (bicyclic) bond motifs is 1. The number of nitrogens with one attached hydrogen (secondary N) is 1. The van der Waals surface area contributed by atoms with Gasteiger partial charge in [-0.25, -0.2) is 4.98 Å². The Labute approximate surface area is 120 Å². The first-order valence-electron chi connectivity index (χ1n) is 6.66. The molecule has 0 spiro atoms. The number of aromatic nitrogens is 1. The van der Waals surface area contributed by atoms with Crippen molar-refractivity contribution < 1.29 is 9.47 Å². The maximum Gasteiger partial charge on any atom is 0.145 e. The maximum absolute atomic E-state index is 5.45. The topological polar surface area (TPSA) is 43.4 Å². The Morgan fingerprint density at radius 2 is 1.65 bits per heavy atom. The van der Waals surface area contributed by atoms with Gasteiger partial charge in [-0.3, -0.25) is 0 Å². The molecule has 0 aliphatic rings. The van der Waals surface area contributed by atoms with Crippen molar-refractivity contribution in [2.24, 2.45) is 0 Å². The molecule has 1 N–H and O–H groups in total. The van der Waals surface area contributed by atoms with Gasteiger partial charge in [0.25, 0.3) is 0 Å². The summed E-state index contributed by atoms with van der Waals surface area (Å²) < 4.78 is 10.9. The molecule has 1 aromatic carbocycles. The van der Waals surface area contributed by atoms with Crippen molar-refractivity contribution in [3.8, 4) is 11.5 Å². The van der Waals surface area contributed by atoms with Gasteiger partial charge in [0.05, 0.1) is 14.2 Å². The smallest absolute Gasteiger partial charge is 0.145 e.